The zero-order chi connectivity index (χ0) is 24.0. The minimum atomic E-state index is -1.52. The number of hydrogen-bond donors (Lipinski definition) is 4. The van der Waals surface area contributed by atoms with Crippen molar-refractivity contribution in [2.75, 3.05) is 23.8 Å². The molecule has 0 saturated carbocycles. The number of amides is 1. The number of nitrogens with two attached hydrogens (primary N) is 1. The van der Waals surface area contributed by atoms with E-state index < -0.39 is 13.0 Å². The van der Waals surface area contributed by atoms with Crippen LogP contribution in [0.5, 0.6) is 0 Å². The first-order chi connectivity index (χ1) is 16.3. The van der Waals surface area contributed by atoms with Gasteiger partial charge in [0.1, 0.15) is 11.6 Å². The summed E-state index contributed by atoms with van der Waals surface area (Å²) in [5, 5.41) is 23.1. The van der Waals surface area contributed by atoms with Crippen molar-refractivity contribution in [3.8, 4) is 5.95 Å². The van der Waals surface area contributed by atoms with Crippen molar-refractivity contribution in [2.45, 2.75) is 19.9 Å². The normalized spacial score (nSPS) is 12.8. The molecule has 1 aliphatic heterocycles. The first-order valence-corrected chi connectivity index (χ1v) is 11.1. The highest BCUT2D eigenvalue weighted by Gasteiger charge is 2.25. The van der Waals surface area contributed by atoms with Crippen molar-refractivity contribution < 1.29 is 14.8 Å². The number of aryl methyl sites for hydroxylation is 1. The lowest BCUT2D eigenvalue weighted by Crippen LogP contribution is -2.30. The van der Waals surface area contributed by atoms with Crippen LogP contribution in [0.25, 0.3) is 16.9 Å². The number of nitrogens with one attached hydrogen (secondary N) is 1. The summed E-state index contributed by atoms with van der Waals surface area (Å²) >= 11 is 0. The quantitative estimate of drug-likeness (QED) is 0.320. The lowest BCUT2D eigenvalue weighted by Gasteiger charge is -2.16. The van der Waals surface area contributed by atoms with Gasteiger partial charge in [-0.05, 0) is 42.6 Å². The van der Waals surface area contributed by atoms with E-state index in [0.717, 1.165) is 52.3 Å². The summed E-state index contributed by atoms with van der Waals surface area (Å²) in [4.78, 5) is 23.8. The number of hydrogen-bond acceptors (Lipinski definition) is 7. The van der Waals surface area contributed by atoms with E-state index in [9.17, 15) is 14.8 Å². The molecule has 9 nitrogen and oxygen atoms in total. The molecule has 2 aromatic carbocycles. The summed E-state index contributed by atoms with van der Waals surface area (Å²) in [5.41, 5.74) is 10.1. The highest BCUT2D eigenvalue weighted by atomic mass is 16.4. The van der Waals surface area contributed by atoms with Gasteiger partial charge in [-0.2, -0.15) is 9.97 Å². The molecule has 1 aliphatic rings. The van der Waals surface area contributed by atoms with Gasteiger partial charge in [0.2, 0.25) is 11.9 Å². The third-order valence-corrected chi connectivity index (χ3v) is 6.24. The molecule has 2 aromatic heterocycles. The maximum atomic E-state index is 11.9. The Bertz CT molecular complexity index is 1420. The molecule has 0 radical (unpaired) electrons. The van der Waals surface area contributed by atoms with Crippen LogP contribution in [-0.2, 0) is 13.0 Å². The van der Waals surface area contributed by atoms with Gasteiger partial charge < -0.3 is 26.0 Å². The van der Waals surface area contributed by atoms with Crippen molar-refractivity contribution in [3.05, 3.63) is 70.9 Å². The fraction of sp³-hybridized carbons (Fsp3) is 0.208. The van der Waals surface area contributed by atoms with Crippen LogP contribution < -0.4 is 21.4 Å². The molecule has 0 atom stereocenters. The number of likely N-dealkylation sites (N-methyl/N-ethyl adjacent to an activating group) is 1. The number of anilines is 2. The summed E-state index contributed by atoms with van der Waals surface area (Å²) in [6.07, 6.45) is 0.821. The lowest BCUT2D eigenvalue weighted by atomic mass is 9.80. The van der Waals surface area contributed by atoms with Crippen molar-refractivity contribution in [2.24, 2.45) is 5.73 Å². The third-order valence-electron chi connectivity index (χ3n) is 6.24. The van der Waals surface area contributed by atoms with Gasteiger partial charge in [-0.25, -0.2) is 0 Å². The Hall–Kier alpha value is -3.89. The monoisotopic (exact) mass is 456 g/mol. The molecule has 1 amide bonds. The fourth-order valence-electron chi connectivity index (χ4n) is 4.53. The lowest BCUT2D eigenvalue weighted by molar-refractivity contribution is 0.100. The van der Waals surface area contributed by atoms with Gasteiger partial charge in [0.05, 0.1) is 5.52 Å². The molecule has 4 aromatic rings. The zero-order valence-corrected chi connectivity index (χ0v) is 19.0. The van der Waals surface area contributed by atoms with Gasteiger partial charge in [-0.15, -0.1) is 0 Å². The number of carbonyl (C=O) groups excluding carboxylic acids is 1. The van der Waals surface area contributed by atoms with Gasteiger partial charge in [-0.1, -0.05) is 30.3 Å². The van der Waals surface area contributed by atoms with E-state index in [1.54, 1.807) is 30.3 Å². The van der Waals surface area contributed by atoms with Gasteiger partial charge in [-0.3, -0.25) is 9.36 Å². The molecule has 0 saturated heterocycles. The standard InChI is InChI=1S/C24H25BN6O3/c1-14-11-19-17(21(26)32)7-4-8-20(19)31(14)24-28-22(18-9-10-30(2)23(18)29-24)27-13-15-5-3-6-16(12-15)25(33)34/h3-8,11-12,33-34H,9-10,13H2,1-2H3,(H2,26,32)(H,27,28,29). The molecule has 34 heavy (non-hydrogen) atoms. The van der Waals surface area contributed by atoms with Crippen molar-refractivity contribution in [1.82, 2.24) is 14.5 Å². The Morgan fingerprint density at radius 2 is 1.97 bits per heavy atom. The predicted molar refractivity (Wildman–Crippen MR) is 133 cm³/mol. The van der Waals surface area contributed by atoms with Crippen LogP contribution >= 0.6 is 0 Å². The highest BCUT2D eigenvalue weighted by molar-refractivity contribution is 6.58. The van der Waals surface area contributed by atoms with Crippen LogP contribution in [0.3, 0.4) is 0 Å². The average molecular weight is 456 g/mol. The van der Waals surface area contributed by atoms with Crippen molar-refractivity contribution >= 4 is 41.0 Å². The van der Waals surface area contributed by atoms with Crippen LogP contribution in [0.15, 0.2) is 48.5 Å². The molecule has 10 heteroatoms. The SMILES string of the molecule is Cc1cc2c(C(N)=O)cccc2n1-c1nc(NCc2cccc(B(O)O)c2)c2c(n1)N(C)CC2. The van der Waals surface area contributed by atoms with Crippen LogP contribution in [-0.4, -0.2) is 51.2 Å². The van der Waals surface area contributed by atoms with Crippen LogP contribution in [0, 0.1) is 6.92 Å². The summed E-state index contributed by atoms with van der Waals surface area (Å²) in [6.45, 7) is 3.25. The predicted octanol–water partition coefficient (Wildman–Crippen LogP) is 1.11. The molecule has 172 valence electrons. The van der Waals surface area contributed by atoms with E-state index >= 15 is 0 Å². The molecule has 5 N–H and O–H groups in total. The van der Waals surface area contributed by atoms with Crippen molar-refractivity contribution in [1.29, 1.82) is 0 Å². The maximum absolute atomic E-state index is 11.9. The summed E-state index contributed by atoms with van der Waals surface area (Å²) in [6, 6.07) is 14.5. The van der Waals surface area contributed by atoms with E-state index in [1.165, 1.54) is 0 Å². The Morgan fingerprint density at radius 1 is 1.18 bits per heavy atom. The summed E-state index contributed by atoms with van der Waals surface area (Å²) < 4.78 is 1.93. The number of primary amides is 1. The number of rotatable bonds is 6. The molecule has 0 unspecified atom stereocenters. The van der Waals surface area contributed by atoms with E-state index in [2.05, 4.69) is 10.2 Å². The first-order valence-electron chi connectivity index (χ1n) is 11.1. The second kappa shape index (κ2) is 8.47. The van der Waals surface area contributed by atoms with Crippen LogP contribution in [0.2, 0.25) is 0 Å². The van der Waals surface area contributed by atoms with Gasteiger partial charge >= 0.3 is 7.12 Å². The Morgan fingerprint density at radius 3 is 2.74 bits per heavy atom. The number of benzene rings is 2. The zero-order valence-electron chi connectivity index (χ0n) is 19.0. The van der Waals surface area contributed by atoms with Gasteiger partial charge in [0.25, 0.3) is 0 Å². The molecular weight excluding hydrogens is 431 g/mol. The van der Waals surface area contributed by atoms with Crippen LogP contribution in [0.1, 0.15) is 27.2 Å². The maximum Gasteiger partial charge on any atom is 0.488 e. The van der Waals surface area contributed by atoms with E-state index in [1.807, 2.05) is 36.7 Å². The molecule has 5 rings (SSSR count). The molecular formula is C24H25BN6O3. The first kappa shape index (κ1) is 21.9. The second-order valence-corrected chi connectivity index (χ2v) is 8.54. The van der Waals surface area contributed by atoms with E-state index in [0.29, 0.717) is 23.5 Å². The Balaban J connectivity index is 1.58. The number of aromatic nitrogens is 3. The Labute approximate surface area is 197 Å². The number of fused-ring (bicyclic) bond motifs is 2. The minimum Gasteiger partial charge on any atom is -0.423 e. The average Bonchev–Trinajstić information content (AvgIpc) is 3.36. The number of carbonyl (C=O) groups is 1. The van der Waals surface area contributed by atoms with Crippen LogP contribution in [0.4, 0.5) is 11.6 Å². The van der Waals surface area contributed by atoms with E-state index in [-0.39, 0.29) is 0 Å². The summed E-state index contributed by atoms with van der Waals surface area (Å²) in [5.74, 6) is 1.62. The minimum absolute atomic E-state index is 0.437. The largest absolute Gasteiger partial charge is 0.488 e. The Kier molecular flexibility index (Phi) is 5.47. The topological polar surface area (TPSA) is 130 Å². The molecule has 3 heterocycles. The van der Waals surface area contributed by atoms with E-state index in [4.69, 9.17) is 15.7 Å². The number of nitrogens with zero attached hydrogens (tertiary/aromatic N) is 4. The van der Waals surface area contributed by atoms with Gasteiger partial charge in [0, 0.05) is 42.3 Å². The highest BCUT2D eigenvalue weighted by Crippen LogP contribution is 2.33. The second-order valence-electron chi connectivity index (χ2n) is 8.54. The molecule has 0 bridgehead atoms. The van der Waals surface area contributed by atoms with Crippen molar-refractivity contribution in [3.63, 3.8) is 0 Å². The van der Waals surface area contributed by atoms with Gasteiger partial charge in [0.15, 0.2) is 0 Å². The third kappa shape index (κ3) is 3.76. The molecule has 0 fully saturated rings. The molecule has 0 aliphatic carbocycles. The smallest absolute Gasteiger partial charge is 0.423 e. The fourth-order valence-corrected chi connectivity index (χ4v) is 4.53. The summed E-state index contributed by atoms with van der Waals surface area (Å²) in [7, 11) is 0.489. The molecule has 0 spiro atoms.